The quantitative estimate of drug-likeness (QED) is 0.894. The zero-order valence-corrected chi connectivity index (χ0v) is 12.7. The minimum absolute atomic E-state index is 0.0891. The standard InChI is InChI=1S/C15H19F3N2O3/c1-2-23-11-5-6-13(12(8-11)15(16,17)18)19-14(22)20-7-3-4-10(21)9-20/h5-6,8,10,21H,2-4,7,9H2,1H3,(H,19,22)/t10-/m0/s1. The van der Waals surface area contributed by atoms with Crippen molar-refractivity contribution in [2.45, 2.75) is 32.0 Å². The molecule has 5 nitrogen and oxygen atoms in total. The number of nitrogens with one attached hydrogen (secondary N) is 1. The molecule has 1 saturated heterocycles. The predicted molar refractivity (Wildman–Crippen MR) is 78.4 cm³/mol. The molecule has 0 aromatic heterocycles. The maximum Gasteiger partial charge on any atom is 0.418 e. The molecule has 1 aromatic rings. The number of hydrogen-bond donors (Lipinski definition) is 2. The molecule has 0 aliphatic carbocycles. The van der Waals surface area contributed by atoms with E-state index in [9.17, 15) is 23.1 Å². The van der Waals surface area contributed by atoms with E-state index >= 15 is 0 Å². The van der Waals surface area contributed by atoms with Crippen molar-refractivity contribution >= 4 is 11.7 Å². The first-order valence-electron chi connectivity index (χ1n) is 7.39. The highest BCUT2D eigenvalue weighted by Crippen LogP contribution is 2.37. The molecule has 1 heterocycles. The van der Waals surface area contributed by atoms with Gasteiger partial charge in [-0.25, -0.2) is 4.79 Å². The Morgan fingerprint density at radius 1 is 1.48 bits per heavy atom. The second-order valence-corrected chi connectivity index (χ2v) is 5.31. The second kappa shape index (κ2) is 7.08. The van der Waals surface area contributed by atoms with Crippen LogP contribution in [0.1, 0.15) is 25.3 Å². The van der Waals surface area contributed by atoms with Crippen LogP contribution < -0.4 is 10.1 Å². The highest BCUT2D eigenvalue weighted by Gasteiger charge is 2.35. The Bertz CT molecular complexity index is 563. The van der Waals surface area contributed by atoms with Gasteiger partial charge in [-0.15, -0.1) is 0 Å². The maximum atomic E-state index is 13.2. The molecule has 128 valence electrons. The van der Waals surface area contributed by atoms with Crippen LogP contribution in [0.25, 0.3) is 0 Å². The van der Waals surface area contributed by atoms with Gasteiger partial charge in [0.25, 0.3) is 0 Å². The molecule has 2 N–H and O–H groups in total. The molecule has 0 unspecified atom stereocenters. The zero-order valence-electron chi connectivity index (χ0n) is 12.7. The maximum absolute atomic E-state index is 13.2. The van der Waals surface area contributed by atoms with Crippen LogP contribution >= 0.6 is 0 Å². The third-order valence-corrected chi connectivity index (χ3v) is 3.53. The van der Waals surface area contributed by atoms with E-state index < -0.39 is 23.9 Å². The zero-order chi connectivity index (χ0) is 17.0. The molecule has 2 rings (SSSR count). The Morgan fingerprint density at radius 3 is 2.83 bits per heavy atom. The monoisotopic (exact) mass is 332 g/mol. The number of ether oxygens (including phenoxy) is 1. The summed E-state index contributed by atoms with van der Waals surface area (Å²) in [5.41, 5.74) is -1.29. The van der Waals surface area contributed by atoms with E-state index in [1.54, 1.807) is 6.92 Å². The number of β-amino-alcohol motifs (C(OH)–C–C–N with tert-alkyl or cyclic N) is 1. The number of aliphatic hydroxyl groups is 1. The molecule has 1 aliphatic rings. The molecule has 2 amide bonds. The van der Waals surface area contributed by atoms with Gasteiger partial charge < -0.3 is 20.1 Å². The first kappa shape index (κ1) is 17.4. The molecule has 1 aromatic carbocycles. The van der Waals surface area contributed by atoms with Crippen molar-refractivity contribution in [3.8, 4) is 5.75 Å². The summed E-state index contributed by atoms with van der Waals surface area (Å²) in [6, 6.07) is 2.76. The second-order valence-electron chi connectivity index (χ2n) is 5.31. The lowest BCUT2D eigenvalue weighted by Gasteiger charge is -2.30. The molecule has 0 saturated carbocycles. The van der Waals surface area contributed by atoms with Crippen molar-refractivity contribution in [3.05, 3.63) is 23.8 Å². The number of halogens is 3. The van der Waals surface area contributed by atoms with Crippen molar-refractivity contribution < 1.29 is 27.8 Å². The summed E-state index contributed by atoms with van der Waals surface area (Å²) >= 11 is 0. The van der Waals surface area contributed by atoms with Gasteiger partial charge in [-0.3, -0.25) is 0 Å². The lowest BCUT2D eigenvalue weighted by atomic mass is 10.1. The lowest BCUT2D eigenvalue weighted by molar-refractivity contribution is -0.137. The number of amides is 2. The minimum Gasteiger partial charge on any atom is -0.494 e. The number of aliphatic hydroxyl groups excluding tert-OH is 1. The molecule has 23 heavy (non-hydrogen) atoms. The molecule has 1 aliphatic heterocycles. The van der Waals surface area contributed by atoms with Crippen LogP contribution in [0.5, 0.6) is 5.75 Å². The van der Waals surface area contributed by atoms with E-state index in [1.807, 2.05) is 0 Å². The number of alkyl halides is 3. The van der Waals surface area contributed by atoms with Gasteiger partial charge in [0.1, 0.15) is 5.75 Å². The Morgan fingerprint density at radius 2 is 2.22 bits per heavy atom. The molecule has 8 heteroatoms. The van der Waals surface area contributed by atoms with Crippen LogP contribution in [0.2, 0.25) is 0 Å². The average Bonchev–Trinajstić information content (AvgIpc) is 2.48. The van der Waals surface area contributed by atoms with Crippen LogP contribution in [0, 0.1) is 0 Å². The number of likely N-dealkylation sites (tertiary alicyclic amines) is 1. The van der Waals surface area contributed by atoms with E-state index in [-0.39, 0.29) is 24.6 Å². The molecular weight excluding hydrogens is 313 g/mol. The summed E-state index contributed by atoms with van der Waals surface area (Å²) < 4.78 is 44.6. The molecule has 0 spiro atoms. The van der Waals surface area contributed by atoms with Gasteiger partial charge in [0, 0.05) is 13.1 Å². The number of carbonyl (C=O) groups excluding carboxylic acids is 1. The summed E-state index contributed by atoms with van der Waals surface area (Å²) in [6.07, 6.45) is -4.06. The van der Waals surface area contributed by atoms with Gasteiger partial charge >= 0.3 is 12.2 Å². The Hall–Kier alpha value is -1.96. The fourth-order valence-corrected chi connectivity index (χ4v) is 2.46. The van der Waals surface area contributed by atoms with Crippen molar-refractivity contribution in [1.29, 1.82) is 0 Å². The largest absolute Gasteiger partial charge is 0.494 e. The van der Waals surface area contributed by atoms with Gasteiger partial charge in [0.05, 0.1) is 24.0 Å². The van der Waals surface area contributed by atoms with Crippen LogP contribution in [0.4, 0.5) is 23.7 Å². The summed E-state index contributed by atoms with van der Waals surface area (Å²) in [5, 5.41) is 11.8. The fourth-order valence-electron chi connectivity index (χ4n) is 2.46. The Balaban J connectivity index is 2.19. The van der Waals surface area contributed by atoms with Crippen molar-refractivity contribution in [2.75, 3.05) is 25.0 Å². The number of piperidine rings is 1. The summed E-state index contributed by atoms with van der Waals surface area (Å²) in [7, 11) is 0. The Labute approximate surface area is 132 Å². The van der Waals surface area contributed by atoms with E-state index in [2.05, 4.69) is 5.32 Å². The van der Waals surface area contributed by atoms with Crippen LogP contribution in [0.15, 0.2) is 18.2 Å². The van der Waals surface area contributed by atoms with Crippen LogP contribution in [-0.2, 0) is 6.18 Å². The SMILES string of the molecule is CCOc1ccc(NC(=O)N2CCC[C@H](O)C2)c(C(F)(F)F)c1. The molecule has 1 atom stereocenters. The van der Waals surface area contributed by atoms with E-state index in [1.165, 1.54) is 17.0 Å². The van der Waals surface area contributed by atoms with Crippen LogP contribution in [0.3, 0.4) is 0 Å². The predicted octanol–water partition coefficient (Wildman–Crippen LogP) is 3.09. The van der Waals surface area contributed by atoms with Gasteiger partial charge in [0.2, 0.25) is 0 Å². The number of rotatable bonds is 3. The van der Waals surface area contributed by atoms with E-state index in [0.717, 1.165) is 6.07 Å². The summed E-state index contributed by atoms with van der Waals surface area (Å²) in [5.74, 6) is 0.0891. The lowest BCUT2D eigenvalue weighted by Crippen LogP contribution is -2.44. The van der Waals surface area contributed by atoms with E-state index in [4.69, 9.17) is 4.74 Å². The minimum atomic E-state index is -4.61. The molecule has 0 bridgehead atoms. The smallest absolute Gasteiger partial charge is 0.418 e. The average molecular weight is 332 g/mol. The van der Waals surface area contributed by atoms with Crippen molar-refractivity contribution in [1.82, 2.24) is 4.90 Å². The van der Waals surface area contributed by atoms with Gasteiger partial charge in [-0.1, -0.05) is 0 Å². The van der Waals surface area contributed by atoms with Crippen molar-refractivity contribution in [2.24, 2.45) is 0 Å². The third-order valence-electron chi connectivity index (χ3n) is 3.53. The van der Waals surface area contributed by atoms with Crippen LogP contribution in [-0.4, -0.2) is 41.8 Å². The number of benzene rings is 1. The normalized spacial score (nSPS) is 18.7. The van der Waals surface area contributed by atoms with E-state index in [0.29, 0.717) is 19.4 Å². The number of hydrogen-bond acceptors (Lipinski definition) is 3. The van der Waals surface area contributed by atoms with Gasteiger partial charge in [-0.2, -0.15) is 13.2 Å². The Kier molecular flexibility index (Phi) is 5.35. The van der Waals surface area contributed by atoms with Crippen molar-refractivity contribution in [3.63, 3.8) is 0 Å². The van der Waals surface area contributed by atoms with Gasteiger partial charge in [-0.05, 0) is 38.0 Å². The van der Waals surface area contributed by atoms with Gasteiger partial charge in [0.15, 0.2) is 0 Å². The fraction of sp³-hybridized carbons (Fsp3) is 0.533. The summed E-state index contributed by atoms with van der Waals surface area (Å²) in [6.45, 7) is 2.44. The first-order chi connectivity index (χ1) is 10.8. The number of carbonyl (C=O) groups is 1. The topological polar surface area (TPSA) is 61.8 Å². The number of urea groups is 1. The molecular formula is C15H19F3N2O3. The highest BCUT2D eigenvalue weighted by molar-refractivity contribution is 5.90. The highest BCUT2D eigenvalue weighted by atomic mass is 19.4. The summed E-state index contributed by atoms with van der Waals surface area (Å²) in [4.78, 5) is 13.4. The number of nitrogens with zero attached hydrogens (tertiary/aromatic N) is 1. The molecule has 1 fully saturated rings. The third kappa shape index (κ3) is 4.51. The molecule has 0 radical (unpaired) electrons. The first-order valence-corrected chi connectivity index (χ1v) is 7.39. The number of anilines is 1.